The fourth-order valence-electron chi connectivity index (χ4n) is 1.10. The zero-order valence-corrected chi connectivity index (χ0v) is 8.02. The van der Waals surface area contributed by atoms with Gasteiger partial charge in [-0.25, -0.2) is 4.98 Å². The number of pyridine rings is 1. The summed E-state index contributed by atoms with van der Waals surface area (Å²) in [7, 11) is 0. The van der Waals surface area contributed by atoms with E-state index in [1.807, 2.05) is 19.9 Å². The normalized spacial score (nSPS) is 10.3. The van der Waals surface area contributed by atoms with Crippen molar-refractivity contribution in [1.82, 2.24) is 4.98 Å². The Kier molecular flexibility index (Phi) is 3.06. The van der Waals surface area contributed by atoms with E-state index in [2.05, 4.69) is 4.98 Å². The Morgan fingerprint density at radius 1 is 1.58 bits per heavy atom. The highest BCUT2D eigenvalue weighted by atomic mass is 35.5. The van der Waals surface area contributed by atoms with Crippen LogP contribution in [0.15, 0.2) is 6.07 Å². The van der Waals surface area contributed by atoms with E-state index >= 15 is 0 Å². The van der Waals surface area contributed by atoms with Crippen LogP contribution >= 0.6 is 11.6 Å². The molecule has 0 unspecified atom stereocenters. The molecule has 0 aliphatic heterocycles. The number of aliphatic hydroxyl groups is 1. The van der Waals surface area contributed by atoms with Crippen molar-refractivity contribution >= 4 is 11.6 Å². The standard InChI is InChI=1S/C9H12ClNO/c1-3-7-4-6(2)8(5-12)9(10)11-7/h4,12H,3,5H2,1-2H3. The van der Waals surface area contributed by atoms with Crippen molar-refractivity contribution in [3.05, 3.63) is 28.0 Å². The zero-order chi connectivity index (χ0) is 9.14. The van der Waals surface area contributed by atoms with Crippen molar-refractivity contribution in [3.8, 4) is 0 Å². The van der Waals surface area contributed by atoms with E-state index in [1.165, 1.54) is 0 Å². The van der Waals surface area contributed by atoms with Gasteiger partial charge in [0.25, 0.3) is 0 Å². The predicted octanol–water partition coefficient (Wildman–Crippen LogP) is 2.10. The van der Waals surface area contributed by atoms with Crippen molar-refractivity contribution in [3.63, 3.8) is 0 Å². The first kappa shape index (κ1) is 9.49. The molecule has 0 radical (unpaired) electrons. The summed E-state index contributed by atoms with van der Waals surface area (Å²) in [4.78, 5) is 4.13. The Morgan fingerprint density at radius 3 is 2.67 bits per heavy atom. The first-order valence-corrected chi connectivity index (χ1v) is 4.32. The maximum Gasteiger partial charge on any atom is 0.135 e. The molecule has 0 amide bonds. The molecule has 0 atom stereocenters. The van der Waals surface area contributed by atoms with Crippen molar-refractivity contribution in [1.29, 1.82) is 0 Å². The van der Waals surface area contributed by atoms with Crippen LogP contribution in [0.2, 0.25) is 5.15 Å². The molecule has 0 saturated heterocycles. The van der Waals surface area contributed by atoms with Gasteiger partial charge >= 0.3 is 0 Å². The summed E-state index contributed by atoms with van der Waals surface area (Å²) in [5.41, 5.74) is 2.71. The lowest BCUT2D eigenvalue weighted by atomic mass is 10.1. The summed E-state index contributed by atoms with van der Waals surface area (Å²) in [5, 5.41) is 9.36. The molecule has 1 heterocycles. The van der Waals surface area contributed by atoms with Crippen LogP contribution in [0.4, 0.5) is 0 Å². The van der Waals surface area contributed by atoms with Crippen molar-refractivity contribution in [2.75, 3.05) is 0 Å². The Hall–Kier alpha value is -0.600. The highest BCUT2D eigenvalue weighted by Gasteiger charge is 2.05. The molecule has 0 aromatic carbocycles. The average Bonchev–Trinajstić information content (AvgIpc) is 2.03. The third-order valence-corrected chi connectivity index (χ3v) is 2.18. The van der Waals surface area contributed by atoms with E-state index in [1.54, 1.807) is 0 Å². The highest BCUT2D eigenvalue weighted by molar-refractivity contribution is 6.30. The lowest BCUT2D eigenvalue weighted by Crippen LogP contribution is -1.97. The van der Waals surface area contributed by atoms with Gasteiger partial charge in [-0.05, 0) is 25.0 Å². The van der Waals surface area contributed by atoms with E-state index < -0.39 is 0 Å². The van der Waals surface area contributed by atoms with Gasteiger partial charge in [-0.15, -0.1) is 0 Å². The quantitative estimate of drug-likeness (QED) is 0.716. The molecule has 0 fully saturated rings. The van der Waals surface area contributed by atoms with Crippen molar-refractivity contribution in [2.45, 2.75) is 26.9 Å². The molecule has 1 aromatic rings. The van der Waals surface area contributed by atoms with Gasteiger partial charge in [0.1, 0.15) is 5.15 Å². The SMILES string of the molecule is CCc1cc(C)c(CO)c(Cl)n1. The Labute approximate surface area is 77.2 Å². The van der Waals surface area contributed by atoms with Crippen LogP contribution in [-0.4, -0.2) is 10.1 Å². The molecule has 1 rings (SSSR count). The molecule has 1 N–H and O–H groups in total. The zero-order valence-electron chi connectivity index (χ0n) is 7.26. The Bertz CT molecular complexity index is 263. The molecule has 0 aliphatic carbocycles. The van der Waals surface area contributed by atoms with Crippen LogP contribution in [0, 0.1) is 6.92 Å². The number of aryl methyl sites for hydroxylation is 2. The third kappa shape index (κ3) is 1.76. The molecule has 12 heavy (non-hydrogen) atoms. The third-order valence-electron chi connectivity index (χ3n) is 1.87. The van der Waals surface area contributed by atoms with Gasteiger partial charge in [0.15, 0.2) is 0 Å². The van der Waals surface area contributed by atoms with E-state index in [0.29, 0.717) is 5.15 Å². The summed E-state index contributed by atoms with van der Waals surface area (Å²) in [6.45, 7) is 3.91. The fraction of sp³-hybridized carbons (Fsp3) is 0.444. The van der Waals surface area contributed by atoms with Crippen LogP contribution in [0.3, 0.4) is 0 Å². The first-order chi connectivity index (χ1) is 5.69. The smallest absolute Gasteiger partial charge is 0.135 e. The topological polar surface area (TPSA) is 33.1 Å². The van der Waals surface area contributed by atoms with E-state index in [-0.39, 0.29) is 6.61 Å². The number of nitrogens with zero attached hydrogens (tertiary/aromatic N) is 1. The molecule has 3 heteroatoms. The largest absolute Gasteiger partial charge is 0.392 e. The summed E-state index contributed by atoms with van der Waals surface area (Å²) in [6.07, 6.45) is 0.867. The van der Waals surface area contributed by atoms with Gasteiger partial charge in [-0.1, -0.05) is 18.5 Å². The van der Waals surface area contributed by atoms with Gasteiger partial charge in [0.2, 0.25) is 0 Å². The van der Waals surface area contributed by atoms with Crippen LogP contribution in [0.25, 0.3) is 0 Å². The molecule has 66 valence electrons. The minimum absolute atomic E-state index is 0.0400. The summed E-state index contributed by atoms with van der Waals surface area (Å²) >= 11 is 5.84. The second kappa shape index (κ2) is 3.87. The van der Waals surface area contributed by atoms with Gasteiger partial charge in [-0.3, -0.25) is 0 Å². The lowest BCUT2D eigenvalue weighted by molar-refractivity contribution is 0.280. The minimum Gasteiger partial charge on any atom is -0.392 e. The maximum atomic E-state index is 8.94. The number of aliphatic hydroxyl groups excluding tert-OH is 1. The summed E-state index contributed by atoms with van der Waals surface area (Å²) in [5.74, 6) is 0. The summed E-state index contributed by atoms with van der Waals surface area (Å²) in [6, 6.07) is 1.96. The molecule has 0 aliphatic rings. The molecular weight excluding hydrogens is 174 g/mol. The maximum absolute atomic E-state index is 8.94. The number of aromatic nitrogens is 1. The van der Waals surface area contributed by atoms with Gasteiger partial charge in [0, 0.05) is 11.3 Å². The average molecular weight is 186 g/mol. The number of halogens is 1. The van der Waals surface area contributed by atoms with E-state index in [0.717, 1.165) is 23.2 Å². The Morgan fingerprint density at radius 2 is 2.25 bits per heavy atom. The molecule has 0 spiro atoms. The van der Waals surface area contributed by atoms with Crippen LogP contribution in [0.1, 0.15) is 23.7 Å². The lowest BCUT2D eigenvalue weighted by Gasteiger charge is -2.06. The number of hydrogen-bond acceptors (Lipinski definition) is 2. The van der Waals surface area contributed by atoms with Gasteiger partial charge < -0.3 is 5.11 Å². The molecule has 0 bridgehead atoms. The summed E-state index contributed by atoms with van der Waals surface area (Å²) < 4.78 is 0. The van der Waals surface area contributed by atoms with Gasteiger partial charge in [0.05, 0.1) is 6.61 Å². The second-order valence-corrected chi connectivity index (χ2v) is 3.07. The van der Waals surface area contributed by atoms with Crippen LogP contribution < -0.4 is 0 Å². The second-order valence-electron chi connectivity index (χ2n) is 2.71. The van der Waals surface area contributed by atoms with Gasteiger partial charge in [-0.2, -0.15) is 0 Å². The monoisotopic (exact) mass is 185 g/mol. The Balaban J connectivity index is 3.18. The predicted molar refractivity (Wildman–Crippen MR) is 49.3 cm³/mol. The molecule has 2 nitrogen and oxygen atoms in total. The molecular formula is C9H12ClNO. The highest BCUT2D eigenvalue weighted by Crippen LogP contribution is 2.18. The minimum atomic E-state index is -0.0400. The van der Waals surface area contributed by atoms with E-state index in [4.69, 9.17) is 16.7 Å². The van der Waals surface area contributed by atoms with Crippen molar-refractivity contribution < 1.29 is 5.11 Å². The first-order valence-electron chi connectivity index (χ1n) is 3.94. The number of hydrogen-bond donors (Lipinski definition) is 1. The molecule has 0 saturated carbocycles. The van der Waals surface area contributed by atoms with Crippen LogP contribution in [-0.2, 0) is 13.0 Å². The fourth-order valence-corrected chi connectivity index (χ4v) is 1.41. The van der Waals surface area contributed by atoms with Crippen LogP contribution in [0.5, 0.6) is 0 Å². The van der Waals surface area contributed by atoms with Crippen molar-refractivity contribution in [2.24, 2.45) is 0 Å². The number of rotatable bonds is 2. The molecule has 1 aromatic heterocycles. The van der Waals surface area contributed by atoms with E-state index in [9.17, 15) is 0 Å².